The van der Waals surface area contributed by atoms with Gasteiger partial charge in [0.2, 0.25) is 0 Å². The van der Waals surface area contributed by atoms with Crippen LogP contribution >= 0.6 is 11.8 Å². The highest BCUT2D eigenvalue weighted by molar-refractivity contribution is 7.99. The van der Waals surface area contributed by atoms with Crippen molar-refractivity contribution in [3.05, 3.63) is 103 Å². The average molecular weight is 511 g/mol. The van der Waals surface area contributed by atoms with E-state index in [4.69, 9.17) is 4.74 Å². The van der Waals surface area contributed by atoms with Crippen LogP contribution in [0.4, 0.5) is 13.2 Å². The Morgan fingerprint density at radius 3 is 1.76 bits per heavy atom. The molecule has 34 heavy (non-hydrogen) atoms. The van der Waals surface area contributed by atoms with Crippen molar-refractivity contribution in [1.29, 1.82) is 0 Å². The molecular formula is C24H21F3O5S2. The Morgan fingerprint density at radius 2 is 1.35 bits per heavy atom. The molecule has 0 spiro atoms. The minimum Gasteiger partial charge on any atom is -0.457 e. The van der Waals surface area contributed by atoms with Crippen LogP contribution in [0.1, 0.15) is 12.5 Å². The molecule has 0 unspecified atom stereocenters. The fraction of sp³-hybridized carbons (Fsp3) is 0.125. The van der Waals surface area contributed by atoms with Crippen molar-refractivity contribution in [3.8, 4) is 5.75 Å². The Balaban J connectivity index is 0.000000266. The predicted octanol–water partition coefficient (Wildman–Crippen LogP) is 6.37. The van der Waals surface area contributed by atoms with Gasteiger partial charge in [0.1, 0.15) is 12.4 Å². The number of carbonyl (C=O) groups excluding carboxylic acids is 1. The van der Waals surface area contributed by atoms with E-state index in [0.717, 1.165) is 12.1 Å². The molecule has 0 saturated carbocycles. The smallest absolute Gasteiger partial charge is 0.457 e. The van der Waals surface area contributed by atoms with E-state index in [1.807, 2.05) is 12.1 Å². The molecule has 0 N–H and O–H groups in total. The molecule has 3 aromatic carbocycles. The summed E-state index contributed by atoms with van der Waals surface area (Å²) in [7, 11) is -5.70. The van der Waals surface area contributed by atoms with Crippen LogP contribution in [0.3, 0.4) is 0 Å². The molecule has 0 fully saturated rings. The summed E-state index contributed by atoms with van der Waals surface area (Å²) in [5, 5.41) is 0. The van der Waals surface area contributed by atoms with Crippen molar-refractivity contribution >= 4 is 27.8 Å². The van der Waals surface area contributed by atoms with E-state index < -0.39 is 27.3 Å². The number of hydrogen-bond donors (Lipinski definition) is 0. The first-order valence-electron chi connectivity index (χ1n) is 9.68. The lowest BCUT2D eigenvalue weighted by Crippen LogP contribution is -2.28. The topological polar surface area (TPSA) is 69.7 Å². The SMILES string of the molecule is C=C(C)C(=O)OCc1ccc(OS(=O)(=O)C(F)(F)F)cc1.c1ccc(Sc2ccccc2)cc1. The maximum atomic E-state index is 12.1. The lowest BCUT2D eigenvalue weighted by Gasteiger charge is -2.10. The van der Waals surface area contributed by atoms with E-state index in [-0.39, 0.29) is 12.2 Å². The molecule has 0 aliphatic rings. The second-order valence-electron chi connectivity index (χ2n) is 6.71. The third kappa shape index (κ3) is 8.95. The highest BCUT2D eigenvalue weighted by atomic mass is 32.2. The number of benzene rings is 3. The molecule has 5 nitrogen and oxygen atoms in total. The van der Waals surface area contributed by atoms with Gasteiger partial charge in [0.15, 0.2) is 0 Å². The summed E-state index contributed by atoms with van der Waals surface area (Å²) in [5.41, 5.74) is -4.85. The second kappa shape index (κ2) is 12.3. The molecule has 10 heteroatoms. The molecule has 0 aliphatic carbocycles. The summed E-state index contributed by atoms with van der Waals surface area (Å²) >= 11 is 1.79. The summed E-state index contributed by atoms with van der Waals surface area (Å²) in [4.78, 5) is 13.7. The normalized spacial score (nSPS) is 11.1. The first-order chi connectivity index (χ1) is 16.0. The molecule has 3 aromatic rings. The van der Waals surface area contributed by atoms with Crippen molar-refractivity contribution < 1.29 is 35.3 Å². The molecule has 180 valence electrons. The van der Waals surface area contributed by atoms with Crippen molar-refractivity contribution in [2.45, 2.75) is 28.8 Å². The van der Waals surface area contributed by atoms with Crippen LogP contribution in [0.25, 0.3) is 0 Å². The molecular weight excluding hydrogens is 489 g/mol. The standard InChI is InChI=1S/C12H11F3O5S.C12H10S/c1-8(2)11(16)19-7-9-3-5-10(6-4-9)20-21(17,18)12(13,14)15;1-3-7-11(8-4-1)13-12-9-5-2-6-10-12/h3-6H,1,7H2,2H3;1-10H. The van der Waals surface area contributed by atoms with E-state index in [1.165, 1.54) is 28.8 Å². The summed E-state index contributed by atoms with van der Waals surface area (Å²) in [5.74, 6) is -1.11. The van der Waals surface area contributed by atoms with Gasteiger partial charge in [-0.25, -0.2) is 4.79 Å². The Labute approximate surface area is 200 Å². The predicted molar refractivity (Wildman–Crippen MR) is 124 cm³/mol. The molecule has 0 atom stereocenters. The number of halogens is 3. The number of ether oxygens (including phenoxy) is 1. The highest BCUT2D eigenvalue weighted by Crippen LogP contribution is 2.27. The van der Waals surface area contributed by atoms with Crippen LogP contribution < -0.4 is 4.18 Å². The van der Waals surface area contributed by atoms with E-state index >= 15 is 0 Å². The lowest BCUT2D eigenvalue weighted by atomic mass is 10.2. The van der Waals surface area contributed by atoms with Crippen molar-refractivity contribution in [2.75, 3.05) is 0 Å². The minimum absolute atomic E-state index is 0.127. The van der Waals surface area contributed by atoms with Gasteiger partial charge in [-0.3, -0.25) is 0 Å². The fourth-order valence-corrected chi connectivity index (χ4v) is 3.52. The van der Waals surface area contributed by atoms with Gasteiger partial charge in [0, 0.05) is 15.4 Å². The third-order valence-corrected chi connectivity index (χ3v) is 5.85. The van der Waals surface area contributed by atoms with Crippen LogP contribution in [0.5, 0.6) is 5.75 Å². The molecule has 3 rings (SSSR count). The minimum atomic E-state index is -5.70. The first-order valence-corrected chi connectivity index (χ1v) is 11.9. The van der Waals surface area contributed by atoms with E-state index in [2.05, 4.69) is 59.3 Å². The lowest BCUT2D eigenvalue weighted by molar-refractivity contribution is -0.140. The zero-order valence-electron chi connectivity index (χ0n) is 18.0. The molecule has 0 heterocycles. The maximum absolute atomic E-state index is 12.1. The van der Waals surface area contributed by atoms with Crippen molar-refractivity contribution in [3.63, 3.8) is 0 Å². The largest absolute Gasteiger partial charge is 0.534 e. The van der Waals surface area contributed by atoms with Gasteiger partial charge in [-0.1, -0.05) is 66.9 Å². The third-order valence-electron chi connectivity index (χ3n) is 3.85. The van der Waals surface area contributed by atoms with Gasteiger partial charge in [-0.2, -0.15) is 21.6 Å². The van der Waals surface area contributed by atoms with Gasteiger partial charge in [0.25, 0.3) is 0 Å². The second-order valence-corrected chi connectivity index (χ2v) is 9.40. The van der Waals surface area contributed by atoms with Gasteiger partial charge < -0.3 is 8.92 Å². The quantitative estimate of drug-likeness (QED) is 0.159. The molecule has 0 aromatic heterocycles. The summed E-state index contributed by atoms with van der Waals surface area (Å²) in [6.07, 6.45) is 0. The maximum Gasteiger partial charge on any atom is 0.534 e. The van der Waals surface area contributed by atoms with Crippen molar-refractivity contribution in [1.82, 2.24) is 0 Å². The van der Waals surface area contributed by atoms with Crippen molar-refractivity contribution in [2.24, 2.45) is 0 Å². The van der Waals surface area contributed by atoms with E-state index in [0.29, 0.717) is 5.56 Å². The summed E-state index contributed by atoms with van der Waals surface area (Å²) in [6, 6.07) is 25.4. The summed E-state index contributed by atoms with van der Waals surface area (Å²) in [6.45, 7) is 4.71. The fourth-order valence-electron chi connectivity index (χ4n) is 2.20. The number of esters is 1. The highest BCUT2D eigenvalue weighted by Gasteiger charge is 2.48. The van der Waals surface area contributed by atoms with Crippen LogP contribution in [-0.2, 0) is 26.3 Å². The van der Waals surface area contributed by atoms with E-state index in [1.54, 1.807) is 11.8 Å². The molecule has 0 saturated heterocycles. The number of carbonyl (C=O) groups is 1. The molecule has 0 radical (unpaired) electrons. The Kier molecular flexibility index (Phi) is 9.76. The number of rotatable bonds is 7. The Bertz CT molecular complexity index is 1140. The number of hydrogen-bond acceptors (Lipinski definition) is 6. The Hall–Kier alpha value is -3.24. The first kappa shape index (κ1) is 27.0. The van der Waals surface area contributed by atoms with Crippen LogP contribution in [0, 0.1) is 0 Å². The Morgan fingerprint density at radius 1 is 0.882 bits per heavy atom. The summed E-state index contributed by atoms with van der Waals surface area (Å²) < 4.78 is 66.6. The van der Waals surface area contributed by atoms with Gasteiger partial charge >= 0.3 is 21.6 Å². The molecule has 0 bridgehead atoms. The molecule has 0 amide bonds. The zero-order chi connectivity index (χ0) is 25.2. The number of alkyl halides is 3. The van der Waals surface area contributed by atoms with Crippen LogP contribution in [0.15, 0.2) is 107 Å². The van der Waals surface area contributed by atoms with Gasteiger partial charge in [-0.15, -0.1) is 0 Å². The van der Waals surface area contributed by atoms with E-state index in [9.17, 15) is 26.4 Å². The average Bonchev–Trinajstić information content (AvgIpc) is 2.79. The monoisotopic (exact) mass is 510 g/mol. The van der Waals surface area contributed by atoms with Gasteiger partial charge in [0.05, 0.1) is 0 Å². The van der Waals surface area contributed by atoms with Crippen LogP contribution in [0.2, 0.25) is 0 Å². The van der Waals surface area contributed by atoms with Crippen LogP contribution in [-0.4, -0.2) is 19.9 Å². The van der Waals surface area contributed by atoms with Gasteiger partial charge in [-0.05, 0) is 48.9 Å². The molecule has 0 aliphatic heterocycles. The zero-order valence-corrected chi connectivity index (χ0v) is 19.6.